The molecule has 3 rings (SSSR count). The summed E-state index contributed by atoms with van der Waals surface area (Å²) in [7, 11) is 0. The Morgan fingerprint density at radius 3 is 2.11 bits per heavy atom. The maximum atomic E-state index is 13.1. The molecule has 0 spiro atoms. The van der Waals surface area contributed by atoms with Crippen molar-refractivity contribution in [3.63, 3.8) is 0 Å². The molecule has 1 aromatic heterocycles. The zero-order valence-corrected chi connectivity index (χ0v) is 17.0. The van der Waals surface area contributed by atoms with Gasteiger partial charge >= 0.3 is 0 Å². The molecule has 8 heteroatoms. The van der Waals surface area contributed by atoms with E-state index in [1.54, 1.807) is 0 Å². The smallest absolute Gasteiger partial charge is 0.233 e. The van der Waals surface area contributed by atoms with Crippen LogP contribution in [0.3, 0.4) is 0 Å². The van der Waals surface area contributed by atoms with Gasteiger partial charge in [-0.2, -0.15) is 0 Å². The van der Waals surface area contributed by atoms with Gasteiger partial charge in [-0.25, -0.2) is 0 Å². The molecule has 1 heterocycles. The summed E-state index contributed by atoms with van der Waals surface area (Å²) in [6.07, 6.45) is 12.2. The number of nitrogens with one attached hydrogen (secondary N) is 1. The highest BCUT2D eigenvalue weighted by atomic mass is 32.2. The van der Waals surface area contributed by atoms with E-state index in [-0.39, 0.29) is 19.2 Å². The Morgan fingerprint density at radius 2 is 1.59 bits per heavy atom. The van der Waals surface area contributed by atoms with Crippen LogP contribution in [0.1, 0.15) is 78.6 Å². The average Bonchev–Trinajstić information content (AvgIpc) is 3.09. The number of carbonyl (C=O) groups is 2. The second-order valence-corrected chi connectivity index (χ2v) is 9.43. The number of carbonyl (C=O) groups excluding carboxylic acids is 2. The highest BCUT2D eigenvalue weighted by Crippen LogP contribution is 2.32. The van der Waals surface area contributed by atoms with Crippen LogP contribution in [0.4, 0.5) is 5.13 Å². The number of aromatic nitrogens is 2. The summed E-state index contributed by atoms with van der Waals surface area (Å²) in [5.74, 6) is 0.487. The van der Waals surface area contributed by atoms with Crippen LogP contribution in [0.15, 0.2) is 4.34 Å². The van der Waals surface area contributed by atoms with Crippen LogP contribution >= 0.6 is 23.1 Å². The molecule has 0 radical (unpaired) electrons. The van der Waals surface area contributed by atoms with E-state index in [0.29, 0.717) is 23.0 Å². The topological polar surface area (TPSA) is 75.2 Å². The van der Waals surface area contributed by atoms with Gasteiger partial charge in [-0.05, 0) is 25.7 Å². The van der Waals surface area contributed by atoms with Crippen LogP contribution in [0.25, 0.3) is 0 Å². The molecule has 0 atom stereocenters. The molecule has 2 saturated carbocycles. The van der Waals surface area contributed by atoms with E-state index >= 15 is 0 Å². The molecule has 2 aliphatic rings. The van der Waals surface area contributed by atoms with Crippen LogP contribution in [0, 0.1) is 0 Å². The van der Waals surface area contributed by atoms with Crippen molar-refractivity contribution in [3.8, 4) is 0 Å². The number of rotatable bonds is 6. The third-order valence-electron chi connectivity index (χ3n) is 5.23. The van der Waals surface area contributed by atoms with E-state index in [9.17, 15) is 9.59 Å². The number of amides is 2. The Hall–Kier alpha value is -1.15. The van der Waals surface area contributed by atoms with Crippen LogP contribution in [-0.2, 0) is 9.59 Å². The second kappa shape index (κ2) is 11.0. The van der Waals surface area contributed by atoms with Crippen molar-refractivity contribution in [1.29, 1.82) is 0 Å². The molecule has 2 amide bonds. The van der Waals surface area contributed by atoms with Crippen molar-refractivity contribution in [1.82, 2.24) is 15.1 Å². The normalized spacial score (nSPS) is 18.6. The van der Waals surface area contributed by atoms with Gasteiger partial charge < -0.3 is 10.2 Å². The quantitative estimate of drug-likeness (QED) is 0.540. The van der Waals surface area contributed by atoms with Crippen molar-refractivity contribution in [2.45, 2.75) is 95.0 Å². The summed E-state index contributed by atoms with van der Waals surface area (Å²) in [5, 5.41) is 11.1. The van der Waals surface area contributed by atoms with Crippen molar-refractivity contribution in [2.75, 3.05) is 11.1 Å². The zero-order chi connectivity index (χ0) is 18.4. The minimum absolute atomic E-state index is 0. The Balaban J connectivity index is 0.00000261. The first kappa shape index (κ1) is 22.1. The van der Waals surface area contributed by atoms with Gasteiger partial charge in [-0.1, -0.05) is 69.1 Å². The summed E-state index contributed by atoms with van der Waals surface area (Å²) in [6, 6.07) is 0.841. The molecule has 0 saturated heterocycles. The molecule has 1 aromatic rings. The van der Waals surface area contributed by atoms with Crippen LogP contribution in [0.2, 0.25) is 0 Å². The molecule has 152 valence electrons. The summed E-state index contributed by atoms with van der Waals surface area (Å²) in [4.78, 5) is 26.4. The maximum Gasteiger partial charge on any atom is 0.233 e. The maximum absolute atomic E-state index is 13.1. The van der Waals surface area contributed by atoms with Gasteiger partial charge in [0.05, 0.1) is 5.75 Å². The van der Waals surface area contributed by atoms with E-state index in [2.05, 4.69) is 20.4 Å². The fourth-order valence-electron chi connectivity index (χ4n) is 4.09. The molecule has 0 aromatic carbocycles. The van der Waals surface area contributed by atoms with Gasteiger partial charge in [0, 0.05) is 19.0 Å². The Kier molecular flexibility index (Phi) is 9.02. The molecule has 0 aliphatic heterocycles. The number of hydrogen-bond acceptors (Lipinski definition) is 6. The Labute approximate surface area is 170 Å². The Morgan fingerprint density at radius 1 is 1.04 bits per heavy atom. The fraction of sp³-hybridized carbons (Fsp3) is 0.789. The predicted molar refractivity (Wildman–Crippen MR) is 112 cm³/mol. The lowest BCUT2D eigenvalue weighted by molar-refractivity contribution is -0.135. The third-order valence-corrected chi connectivity index (χ3v) is 7.19. The van der Waals surface area contributed by atoms with Gasteiger partial charge in [0.15, 0.2) is 4.34 Å². The molecule has 2 aliphatic carbocycles. The third kappa shape index (κ3) is 6.45. The van der Waals surface area contributed by atoms with Crippen molar-refractivity contribution >= 4 is 40.0 Å². The summed E-state index contributed by atoms with van der Waals surface area (Å²) in [5.41, 5.74) is 0. The summed E-state index contributed by atoms with van der Waals surface area (Å²) >= 11 is 2.76. The van der Waals surface area contributed by atoms with E-state index in [1.165, 1.54) is 68.5 Å². The van der Waals surface area contributed by atoms with E-state index < -0.39 is 0 Å². The Bertz CT molecular complexity index is 593. The van der Waals surface area contributed by atoms with E-state index in [4.69, 9.17) is 0 Å². The van der Waals surface area contributed by atoms with Crippen molar-refractivity contribution in [2.24, 2.45) is 0 Å². The molecule has 6 nitrogen and oxygen atoms in total. The molecule has 0 unspecified atom stereocenters. The first-order valence-electron chi connectivity index (χ1n) is 9.68. The average molecular weight is 413 g/mol. The van der Waals surface area contributed by atoms with Gasteiger partial charge in [0.1, 0.15) is 0 Å². The zero-order valence-electron chi connectivity index (χ0n) is 15.4. The number of anilines is 1. The number of nitrogens with zero attached hydrogens (tertiary/aromatic N) is 3. The van der Waals surface area contributed by atoms with Gasteiger partial charge in [-0.15, -0.1) is 10.2 Å². The van der Waals surface area contributed by atoms with E-state index in [1.807, 2.05) is 0 Å². The largest absolute Gasteiger partial charge is 0.336 e. The lowest BCUT2D eigenvalue weighted by Crippen LogP contribution is -2.49. The van der Waals surface area contributed by atoms with Crippen LogP contribution < -0.4 is 5.32 Å². The lowest BCUT2D eigenvalue weighted by atomic mass is 9.88. The lowest BCUT2D eigenvalue weighted by Gasteiger charge is -2.41. The molecule has 0 bridgehead atoms. The minimum atomic E-state index is -0.158. The monoisotopic (exact) mass is 412 g/mol. The molecule has 1 N–H and O–H groups in total. The number of hydrogen-bond donors (Lipinski definition) is 1. The predicted octanol–water partition coefficient (Wildman–Crippen LogP) is 4.72. The fourth-order valence-corrected chi connectivity index (χ4v) is 5.76. The molecule has 2 fully saturated rings. The highest BCUT2D eigenvalue weighted by Gasteiger charge is 2.32. The molecular weight excluding hydrogens is 380 g/mol. The summed E-state index contributed by atoms with van der Waals surface area (Å²) in [6.45, 7) is 1.45. The van der Waals surface area contributed by atoms with Crippen LogP contribution in [0.5, 0.6) is 0 Å². The van der Waals surface area contributed by atoms with Gasteiger partial charge in [-0.3, -0.25) is 9.59 Å². The van der Waals surface area contributed by atoms with Crippen molar-refractivity contribution < 1.29 is 9.59 Å². The minimum Gasteiger partial charge on any atom is -0.336 e. The summed E-state index contributed by atoms with van der Waals surface area (Å²) < 4.78 is 0.731. The van der Waals surface area contributed by atoms with E-state index in [0.717, 1.165) is 30.0 Å². The first-order chi connectivity index (χ1) is 12.6. The van der Waals surface area contributed by atoms with Crippen LogP contribution in [-0.4, -0.2) is 44.7 Å². The van der Waals surface area contributed by atoms with Crippen molar-refractivity contribution in [3.05, 3.63) is 0 Å². The highest BCUT2D eigenvalue weighted by molar-refractivity contribution is 8.01. The second-order valence-electron chi connectivity index (χ2n) is 7.23. The standard InChI is InChI=1S/C18H28N4O2S2.CH4/c1-13(23)19-17-20-21-18(26-17)25-12-16(24)22(14-8-4-2-5-9-14)15-10-6-3-7-11-15;/h14-15H,2-12H2,1H3,(H,19,20,23);1H4. The van der Waals surface area contributed by atoms with Gasteiger partial charge in [0.2, 0.25) is 16.9 Å². The molecule has 27 heavy (non-hydrogen) atoms. The molecular formula is C19H32N4O2S2. The van der Waals surface area contributed by atoms with Gasteiger partial charge in [0.25, 0.3) is 0 Å². The first-order valence-corrected chi connectivity index (χ1v) is 11.5. The number of thioether (sulfide) groups is 1. The SMILES string of the molecule is C.CC(=O)Nc1nnc(SCC(=O)N(C2CCCCC2)C2CCCCC2)s1.